The van der Waals surface area contributed by atoms with E-state index in [-0.39, 0.29) is 16.9 Å². The number of aromatic nitrogens is 4. The number of carbonyl (C=O) groups is 1. The second-order valence-corrected chi connectivity index (χ2v) is 7.84. The first kappa shape index (κ1) is 21.3. The Bertz CT molecular complexity index is 1510. The predicted molar refractivity (Wildman–Crippen MR) is 127 cm³/mol. The average molecular weight is 520 g/mol. The first-order chi connectivity index (χ1) is 16.5. The first-order valence-corrected chi connectivity index (χ1v) is 10.6. The highest BCUT2D eigenvalue weighted by Gasteiger charge is 2.13. The lowest BCUT2D eigenvalue weighted by molar-refractivity contribution is 0.0697. The summed E-state index contributed by atoms with van der Waals surface area (Å²) in [4.78, 5) is 19.9. The van der Waals surface area contributed by atoms with Crippen LogP contribution in [0.25, 0.3) is 22.6 Å². The molecule has 0 spiro atoms. The summed E-state index contributed by atoms with van der Waals surface area (Å²) in [7, 11) is 0. The van der Waals surface area contributed by atoms with Crippen LogP contribution in [-0.2, 0) is 0 Å². The van der Waals surface area contributed by atoms with Crippen LogP contribution in [0, 0.1) is 0 Å². The van der Waals surface area contributed by atoms with E-state index in [2.05, 4.69) is 52.1 Å². The zero-order valence-electron chi connectivity index (χ0n) is 17.1. The molecule has 0 radical (unpaired) electrons. The largest absolute Gasteiger partial charge is 0.478 e. The zero-order chi connectivity index (χ0) is 23.5. The average Bonchev–Trinajstić information content (AvgIpc) is 3.50. The normalized spacial score (nSPS) is 11.2. The molecular formula is C22H14BrN7O4. The lowest BCUT2D eigenvalue weighted by atomic mass is 10.1. The molecule has 168 valence electrons. The van der Waals surface area contributed by atoms with E-state index in [4.69, 9.17) is 9.05 Å². The Morgan fingerprint density at radius 3 is 2.53 bits per heavy atom. The van der Waals surface area contributed by atoms with Gasteiger partial charge in [-0.15, -0.1) is 0 Å². The summed E-state index contributed by atoms with van der Waals surface area (Å²) in [6, 6.07) is 17.4. The molecule has 34 heavy (non-hydrogen) atoms. The van der Waals surface area contributed by atoms with Crippen LogP contribution in [0.3, 0.4) is 0 Å². The van der Waals surface area contributed by atoms with E-state index in [1.165, 1.54) is 18.3 Å². The molecule has 0 aliphatic carbocycles. The van der Waals surface area contributed by atoms with Crippen molar-refractivity contribution in [1.29, 1.82) is 0 Å². The highest BCUT2D eigenvalue weighted by molar-refractivity contribution is 9.10. The standard InChI is InChI=1S/C22H14BrN7O4/c23-14-4-6-15(7-5-14)25-18-19(27-21-20(26-18)29-34-30-21)28-24-11-16-8-9-17(33-16)12-2-1-3-13(10-12)22(31)32/h1-11H,(H,31,32)(H,25,26,29)(H,27,28,30)/b24-11+. The van der Waals surface area contributed by atoms with E-state index in [1.807, 2.05) is 24.3 Å². The number of furan rings is 1. The van der Waals surface area contributed by atoms with E-state index < -0.39 is 5.97 Å². The maximum Gasteiger partial charge on any atom is 0.335 e. The second kappa shape index (κ2) is 9.11. The van der Waals surface area contributed by atoms with Gasteiger partial charge in [0.25, 0.3) is 0 Å². The third-order valence-corrected chi connectivity index (χ3v) is 5.13. The van der Waals surface area contributed by atoms with Gasteiger partial charge in [-0.1, -0.05) is 28.1 Å². The molecule has 0 aliphatic rings. The number of aromatic carboxylic acids is 1. The predicted octanol–water partition coefficient (Wildman–Crippen LogP) is 4.92. The minimum absolute atomic E-state index is 0.174. The Labute approximate surface area is 199 Å². The van der Waals surface area contributed by atoms with Crippen LogP contribution in [0.15, 0.2) is 79.3 Å². The van der Waals surface area contributed by atoms with Crippen molar-refractivity contribution in [3.8, 4) is 11.3 Å². The minimum atomic E-state index is -1.01. The van der Waals surface area contributed by atoms with Crippen LogP contribution in [0.1, 0.15) is 16.1 Å². The molecule has 0 saturated heterocycles. The van der Waals surface area contributed by atoms with Gasteiger partial charge >= 0.3 is 5.97 Å². The summed E-state index contributed by atoms with van der Waals surface area (Å²) >= 11 is 3.40. The van der Waals surface area contributed by atoms with Crippen LogP contribution in [0.2, 0.25) is 0 Å². The lowest BCUT2D eigenvalue weighted by Gasteiger charge is -2.09. The summed E-state index contributed by atoms with van der Waals surface area (Å²) in [5, 5.41) is 24.0. The van der Waals surface area contributed by atoms with Crippen LogP contribution < -0.4 is 10.7 Å². The van der Waals surface area contributed by atoms with Crippen molar-refractivity contribution in [3.05, 3.63) is 76.5 Å². The summed E-state index contributed by atoms with van der Waals surface area (Å²) in [5.41, 5.74) is 4.88. The van der Waals surface area contributed by atoms with Crippen molar-refractivity contribution in [1.82, 2.24) is 20.3 Å². The van der Waals surface area contributed by atoms with Gasteiger partial charge in [0.1, 0.15) is 11.5 Å². The Hall–Kier alpha value is -4.58. The maximum absolute atomic E-state index is 11.2. The van der Waals surface area contributed by atoms with E-state index in [0.29, 0.717) is 28.7 Å². The topological polar surface area (TPSA) is 152 Å². The molecule has 12 heteroatoms. The highest BCUT2D eigenvalue weighted by Crippen LogP contribution is 2.25. The fraction of sp³-hybridized carbons (Fsp3) is 0. The van der Waals surface area contributed by atoms with Crippen molar-refractivity contribution in [2.45, 2.75) is 0 Å². The molecule has 0 fully saturated rings. The van der Waals surface area contributed by atoms with E-state index in [9.17, 15) is 9.90 Å². The third kappa shape index (κ3) is 4.61. The molecule has 2 aromatic carbocycles. The van der Waals surface area contributed by atoms with Gasteiger partial charge in [0, 0.05) is 15.7 Å². The molecule has 3 N–H and O–H groups in total. The SMILES string of the molecule is O=C(O)c1cccc(-c2ccc(/C=N/Nc3nc4nonc4nc3Nc3ccc(Br)cc3)o2)c1. The summed E-state index contributed by atoms with van der Waals surface area (Å²) in [5.74, 6) is 0.615. The number of rotatable bonds is 7. The zero-order valence-corrected chi connectivity index (χ0v) is 18.7. The molecule has 5 rings (SSSR count). The van der Waals surface area contributed by atoms with Gasteiger partial charge in [0.2, 0.25) is 11.3 Å². The van der Waals surface area contributed by atoms with Crippen LogP contribution in [0.4, 0.5) is 17.3 Å². The summed E-state index contributed by atoms with van der Waals surface area (Å²) < 4.78 is 11.4. The van der Waals surface area contributed by atoms with Crippen LogP contribution in [0.5, 0.6) is 0 Å². The van der Waals surface area contributed by atoms with Gasteiger partial charge in [0.05, 0.1) is 11.8 Å². The van der Waals surface area contributed by atoms with Crippen molar-refractivity contribution < 1.29 is 18.9 Å². The molecule has 0 unspecified atom stereocenters. The van der Waals surface area contributed by atoms with E-state index >= 15 is 0 Å². The van der Waals surface area contributed by atoms with E-state index in [1.54, 1.807) is 24.3 Å². The third-order valence-electron chi connectivity index (χ3n) is 4.60. The number of benzene rings is 2. The number of anilines is 3. The number of hydrogen-bond acceptors (Lipinski definition) is 10. The number of hydrazone groups is 1. The summed E-state index contributed by atoms with van der Waals surface area (Å²) in [6.45, 7) is 0. The monoisotopic (exact) mass is 519 g/mol. The van der Waals surface area contributed by atoms with Crippen molar-refractivity contribution in [2.24, 2.45) is 5.10 Å². The molecule has 11 nitrogen and oxygen atoms in total. The first-order valence-electron chi connectivity index (χ1n) is 9.81. The quantitative estimate of drug-likeness (QED) is 0.199. The smallest absolute Gasteiger partial charge is 0.335 e. The van der Waals surface area contributed by atoms with Gasteiger partial charge < -0.3 is 14.8 Å². The molecule has 3 aromatic heterocycles. The van der Waals surface area contributed by atoms with Crippen LogP contribution >= 0.6 is 15.9 Å². The molecular weight excluding hydrogens is 506 g/mol. The molecule has 0 atom stereocenters. The molecule has 0 amide bonds. The molecule has 0 saturated carbocycles. The van der Waals surface area contributed by atoms with Gasteiger partial charge in [-0.2, -0.15) is 10.1 Å². The fourth-order valence-corrected chi connectivity index (χ4v) is 3.28. The number of halogens is 1. The second-order valence-electron chi connectivity index (χ2n) is 6.92. The molecule has 5 aromatic rings. The van der Waals surface area contributed by atoms with Crippen molar-refractivity contribution in [2.75, 3.05) is 10.7 Å². The van der Waals surface area contributed by atoms with Crippen LogP contribution in [-0.4, -0.2) is 37.6 Å². The number of fused-ring (bicyclic) bond motifs is 1. The number of nitrogens with zero attached hydrogens (tertiary/aromatic N) is 5. The number of hydrogen-bond donors (Lipinski definition) is 3. The highest BCUT2D eigenvalue weighted by atomic mass is 79.9. The van der Waals surface area contributed by atoms with Gasteiger partial charge in [-0.25, -0.2) is 14.4 Å². The Morgan fingerprint density at radius 1 is 1.00 bits per heavy atom. The van der Waals surface area contributed by atoms with Gasteiger partial charge in [-0.05, 0) is 58.8 Å². The minimum Gasteiger partial charge on any atom is -0.478 e. The van der Waals surface area contributed by atoms with Crippen molar-refractivity contribution >= 4 is 56.7 Å². The Balaban J connectivity index is 1.36. The number of carboxylic acid groups (broad SMARTS) is 1. The van der Waals surface area contributed by atoms with Crippen molar-refractivity contribution in [3.63, 3.8) is 0 Å². The lowest BCUT2D eigenvalue weighted by Crippen LogP contribution is -2.03. The van der Waals surface area contributed by atoms with Gasteiger partial charge in [0.15, 0.2) is 11.6 Å². The maximum atomic E-state index is 11.2. The van der Waals surface area contributed by atoms with E-state index in [0.717, 1.165) is 10.2 Å². The molecule has 0 aliphatic heterocycles. The molecule has 3 heterocycles. The van der Waals surface area contributed by atoms with Gasteiger partial charge in [-0.3, -0.25) is 5.43 Å². The fourth-order valence-electron chi connectivity index (χ4n) is 3.01. The number of carboxylic acids is 1. The number of nitrogens with one attached hydrogen (secondary N) is 2. The Kier molecular flexibility index (Phi) is 5.70. The Morgan fingerprint density at radius 2 is 1.76 bits per heavy atom. The summed E-state index contributed by atoms with van der Waals surface area (Å²) in [6.07, 6.45) is 1.46. The molecule has 0 bridgehead atoms.